The van der Waals surface area contributed by atoms with E-state index in [1.807, 2.05) is 18.2 Å². The molecule has 132 valence electrons. The van der Waals surface area contributed by atoms with Crippen molar-refractivity contribution < 1.29 is 22.7 Å². The average molecular weight is 371 g/mol. The van der Waals surface area contributed by atoms with E-state index in [2.05, 4.69) is 5.32 Å². The number of fused-ring (bicyclic) bond motifs is 1. The molecule has 1 N–H and O–H groups in total. The Morgan fingerprint density at radius 1 is 1.25 bits per heavy atom. The highest BCUT2D eigenvalue weighted by Gasteiger charge is 2.27. The molecule has 0 spiro atoms. The van der Waals surface area contributed by atoms with Gasteiger partial charge in [0.1, 0.15) is 13.2 Å². The summed E-state index contributed by atoms with van der Waals surface area (Å²) in [5.41, 5.74) is 0. The molecule has 1 atom stereocenters. The standard InChI is InChI=1S/C16H21NO5S2/c18-16(17-10-12-4-8-24(19,20)11-12)3-7-23-13-1-2-14-15(9-13)22-6-5-21-14/h1-2,9,12H,3-8,10-11H2,(H,17,18). The molecule has 2 aliphatic rings. The predicted octanol–water partition coefficient (Wildman–Crippen LogP) is 1.49. The third-order valence-electron chi connectivity index (χ3n) is 4.03. The van der Waals surface area contributed by atoms with Crippen LogP contribution in [-0.4, -0.2) is 51.3 Å². The summed E-state index contributed by atoms with van der Waals surface area (Å²) in [6.07, 6.45) is 1.05. The number of rotatable bonds is 6. The first kappa shape index (κ1) is 17.4. The average Bonchev–Trinajstić information content (AvgIpc) is 2.92. The molecule has 1 unspecified atom stereocenters. The van der Waals surface area contributed by atoms with Crippen LogP contribution in [0, 0.1) is 5.92 Å². The first-order chi connectivity index (χ1) is 11.5. The molecule has 24 heavy (non-hydrogen) atoms. The van der Waals surface area contributed by atoms with Gasteiger partial charge in [-0.1, -0.05) is 0 Å². The summed E-state index contributed by atoms with van der Waals surface area (Å²) < 4.78 is 33.8. The zero-order chi connectivity index (χ0) is 17.0. The Morgan fingerprint density at radius 3 is 2.79 bits per heavy atom. The second-order valence-electron chi connectivity index (χ2n) is 5.98. The second-order valence-corrected chi connectivity index (χ2v) is 9.37. The molecule has 0 radical (unpaired) electrons. The van der Waals surface area contributed by atoms with Crippen molar-refractivity contribution in [1.29, 1.82) is 0 Å². The molecule has 1 fully saturated rings. The Kier molecular flexibility index (Phi) is 5.55. The van der Waals surface area contributed by atoms with E-state index >= 15 is 0 Å². The van der Waals surface area contributed by atoms with E-state index in [1.165, 1.54) is 0 Å². The van der Waals surface area contributed by atoms with Gasteiger partial charge < -0.3 is 14.8 Å². The van der Waals surface area contributed by atoms with Gasteiger partial charge in [0.15, 0.2) is 21.3 Å². The lowest BCUT2D eigenvalue weighted by Gasteiger charge is -2.18. The number of thioether (sulfide) groups is 1. The smallest absolute Gasteiger partial charge is 0.220 e. The zero-order valence-electron chi connectivity index (χ0n) is 13.3. The lowest BCUT2D eigenvalue weighted by Crippen LogP contribution is -2.29. The van der Waals surface area contributed by atoms with Crippen LogP contribution in [0.1, 0.15) is 12.8 Å². The van der Waals surface area contributed by atoms with Crippen molar-refractivity contribution in [1.82, 2.24) is 5.32 Å². The summed E-state index contributed by atoms with van der Waals surface area (Å²) in [5.74, 6) is 2.63. The van der Waals surface area contributed by atoms with Crippen molar-refractivity contribution >= 4 is 27.5 Å². The van der Waals surface area contributed by atoms with Gasteiger partial charge in [0.25, 0.3) is 0 Å². The molecular weight excluding hydrogens is 350 g/mol. The number of ether oxygens (including phenoxy) is 2. The van der Waals surface area contributed by atoms with E-state index in [4.69, 9.17) is 9.47 Å². The summed E-state index contributed by atoms with van der Waals surface area (Å²) in [5, 5.41) is 2.84. The van der Waals surface area contributed by atoms with Crippen LogP contribution in [0.15, 0.2) is 23.1 Å². The molecule has 0 saturated carbocycles. The van der Waals surface area contributed by atoms with Crippen molar-refractivity contribution in [3.05, 3.63) is 18.2 Å². The fourth-order valence-corrected chi connectivity index (χ4v) is 5.49. The fourth-order valence-electron chi connectivity index (χ4n) is 2.75. The molecule has 0 aromatic heterocycles. The van der Waals surface area contributed by atoms with Gasteiger partial charge in [-0.3, -0.25) is 4.79 Å². The number of hydrogen-bond donors (Lipinski definition) is 1. The molecule has 1 aromatic rings. The van der Waals surface area contributed by atoms with Crippen LogP contribution in [0.2, 0.25) is 0 Å². The number of carbonyl (C=O) groups is 1. The first-order valence-corrected chi connectivity index (χ1v) is 10.8. The van der Waals surface area contributed by atoms with E-state index < -0.39 is 9.84 Å². The number of hydrogen-bond acceptors (Lipinski definition) is 6. The Bertz CT molecular complexity index is 704. The molecule has 1 amide bonds. The number of nitrogens with one attached hydrogen (secondary N) is 1. The highest BCUT2D eigenvalue weighted by molar-refractivity contribution is 7.99. The predicted molar refractivity (Wildman–Crippen MR) is 92.5 cm³/mol. The zero-order valence-corrected chi connectivity index (χ0v) is 15.0. The quantitative estimate of drug-likeness (QED) is 0.763. The molecule has 2 heterocycles. The molecule has 3 rings (SSSR count). The summed E-state index contributed by atoms with van der Waals surface area (Å²) in [6.45, 7) is 1.58. The van der Waals surface area contributed by atoms with Gasteiger partial charge in [-0.15, -0.1) is 11.8 Å². The molecular formula is C16H21NO5S2. The van der Waals surface area contributed by atoms with Crippen LogP contribution in [0.3, 0.4) is 0 Å². The maximum Gasteiger partial charge on any atom is 0.220 e. The minimum atomic E-state index is -2.88. The van der Waals surface area contributed by atoms with Crippen LogP contribution in [0.4, 0.5) is 0 Å². The van der Waals surface area contributed by atoms with Crippen molar-refractivity contribution in [2.45, 2.75) is 17.7 Å². The Morgan fingerprint density at radius 2 is 2.04 bits per heavy atom. The number of benzene rings is 1. The molecule has 6 nitrogen and oxygen atoms in total. The van der Waals surface area contributed by atoms with E-state index in [0.717, 1.165) is 16.4 Å². The fraction of sp³-hybridized carbons (Fsp3) is 0.562. The Labute approximate surface area is 146 Å². The van der Waals surface area contributed by atoms with Gasteiger partial charge in [-0.2, -0.15) is 0 Å². The maximum absolute atomic E-state index is 11.9. The van der Waals surface area contributed by atoms with Gasteiger partial charge in [-0.25, -0.2) is 8.42 Å². The largest absolute Gasteiger partial charge is 0.486 e. The van der Waals surface area contributed by atoms with Gasteiger partial charge >= 0.3 is 0 Å². The second kappa shape index (κ2) is 7.65. The first-order valence-electron chi connectivity index (χ1n) is 8.01. The minimum Gasteiger partial charge on any atom is -0.486 e. The SMILES string of the molecule is O=C(CCSc1ccc2c(c1)OCCO2)NCC1CCS(=O)(=O)C1. The molecule has 8 heteroatoms. The van der Waals surface area contributed by atoms with Crippen LogP contribution in [0.25, 0.3) is 0 Å². The van der Waals surface area contributed by atoms with E-state index in [0.29, 0.717) is 38.4 Å². The number of amides is 1. The Hall–Kier alpha value is -1.41. The minimum absolute atomic E-state index is 0.0376. The van der Waals surface area contributed by atoms with Crippen molar-refractivity contribution in [2.75, 3.05) is 37.0 Å². The lowest BCUT2D eigenvalue weighted by atomic mass is 10.1. The van der Waals surface area contributed by atoms with E-state index in [1.54, 1.807) is 11.8 Å². The normalized spacial score (nSPS) is 21.4. The molecule has 0 bridgehead atoms. The topological polar surface area (TPSA) is 81.7 Å². The highest BCUT2D eigenvalue weighted by Crippen LogP contribution is 2.34. The van der Waals surface area contributed by atoms with Crippen molar-refractivity contribution in [3.63, 3.8) is 0 Å². The van der Waals surface area contributed by atoms with Gasteiger partial charge in [0.05, 0.1) is 11.5 Å². The highest BCUT2D eigenvalue weighted by atomic mass is 32.2. The monoisotopic (exact) mass is 371 g/mol. The van der Waals surface area contributed by atoms with Crippen LogP contribution >= 0.6 is 11.8 Å². The van der Waals surface area contributed by atoms with Crippen molar-refractivity contribution in [3.8, 4) is 11.5 Å². The van der Waals surface area contributed by atoms with Gasteiger partial charge in [0, 0.05) is 23.6 Å². The van der Waals surface area contributed by atoms with Crippen molar-refractivity contribution in [2.24, 2.45) is 5.92 Å². The molecule has 2 aliphatic heterocycles. The van der Waals surface area contributed by atoms with Gasteiger partial charge in [-0.05, 0) is 30.5 Å². The number of carbonyl (C=O) groups excluding carboxylic acids is 1. The summed E-state index contributed by atoms with van der Waals surface area (Å²) >= 11 is 1.59. The lowest BCUT2D eigenvalue weighted by molar-refractivity contribution is -0.120. The maximum atomic E-state index is 11.9. The number of sulfone groups is 1. The summed E-state index contributed by atoms with van der Waals surface area (Å²) in [7, 11) is -2.88. The van der Waals surface area contributed by atoms with Gasteiger partial charge in [0.2, 0.25) is 5.91 Å². The van der Waals surface area contributed by atoms with E-state index in [-0.39, 0.29) is 23.3 Å². The summed E-state index contributed by atoms with van der Waals surface area (Å²) in [6, 6.07) is 5.78. The molecule has 1 saturated heterocycles. The van der Waals surface area contributed by atoms with Crippen LogP contribution in [-0.2, 0) is 14.6 Å². The van der Waals surface area contributed by atoms with E-state index in [9.17, 15) is 13.2 Å². The third-order valence-corrected chi connectivity index (χ3v) is 6.86. The van der Waals surface area contributed by atoms with Crippen LogP contribution in [0.5, 0.6) is 11.5 Å². The summed E-state index contributed by atoms with van der Waals surface area (Å²) in [4.78, 5) is 12.9. The van der Waals surface area contributed by atoms with Crippen LogP contribution < -0.4 is 14.8 Å². The Balaban J connectivity index is 1.38. The molecule has 1 aromatic carbocycles. The third kappa shape index (κ3) is 4.80. The molecule has 0 aliphatic carbocycles.